The zero-order chi connectivity index (χ0) is 20.9. The van der Waals surface area contributed by atoms with Crippen LogP contribution in [-0.2, 0) is 16.6 Å². The number of nitrogens with zero attached hydrogens (tertiary/aromatic N) is 1. The van der Waals surface area contributed by atoms with Crippen LogP contribution in [0.5, 0.6) is 0 Å². The van der Waals surface area contributed by atoms with E-state index in [1.54, 1.807) is 36.7 Å². The van der Waals surface area contributed by atoms with Crippen LogP contribution in [0.3, 0.4) is 0 Å². The zero-order valence-electron chi connectivity index (χ0n) is 14.9. The van der Waals surface area contributed by atoms with Crippen molar-refractivity contribution in [3.05, 3.63) is 82.6 Å². The number of pyridine rings is 1. The molecule has 150 valence electrons. The van der Waals surface area contributed by atoms with Gasteiger partial charge in [0, 0.05) is 18.9 Å². The second kappa shape index (κ2) is 9.13. The number of amides is 2. The van der Waals surface area contributed by atoms with Gasteiger partial charge >= 0.3 is 6.03 Å². The number of hydrogen-bond donors (Lipinski definition) is 3. The number of sulfonamides is 1. The van der Waals surface area contributed by atoms with Gasteiger partial charge in [-0.05, 0) is 35.9 Å². The minimum atomic E-state index is -3.83. The molecule has 0 aliphatic carbocycles. The third kappa shape index (κ3) is 5.38. The van der Waals surface area contributed by atoms with E-state index in [-0.39, 0.29) is 32.9 Å². The van der Waals surface area contributed by atoms with Gasteiger partial charge < -0.3 is 10.6 Å². The van der Waals surface area contributed by atoms with Crippen molar-refractivity contribution < 1.29 is 13.2 Å². The van der Waals surface area contributed by atoms with Crippen molar-refractivity contribution in [3.8, 4) is 0 Å². The lowest BCUT2D eigenvalue weighted by molar-refractivity contribution is 0.251. The fourth-order valence-corrected chi connectivity index (χ4v) is 3.95. The molecule has 10 heteroatoms. The summed E-state index contributed by atoms with van der Waals surface area (Å²) in [5.74, 6) is 0. The lowest BCUT2D eigenvalue weighted by Gasteiger charge is -2.14. The highest BCUT2D eigenvalue weighted by atomic mass is 35.5. The number of halogens is 2. The van der Waals surface area contributed by atoms with Crippen molar-refractivity contribution in [2.24, 2.45) is 0 Å². The molecule has 1 aromatic heterocycles. The largest absolute Gasteiger partial charge is 0.334 e. The molecule has 3 rings (SSSR count). The minimum absolute atomic E-state index is 0.0106. The minimum Gasteiger partial charge on any atom is -0.334 e. The van der Waals surface area contributed by atoms with Crippen LogP contribution in [0.4, 0.5) is 16.2 Å². The van der Waals surface area contributed by atoms with Crippen LogP contribution in [0.25, 0.3) is 0 Å². The average Bonchev–Trinajstić information content (AvgIpc) is 2.73. The first-order valence-electron chi connectivity index (χ1n) is 8.36. The molecule has 0 atom stereocenters. The lowest BCUT2D eigenvalue weighted by atomic mass is 10.3. The monoisotopic (exact) mass is 450 g/mol. The third-order valence-corrected chi connectivity index (χ3v) is 6.07. The maximum Gasteiger partial charge on any atom is 0.319 e. The number of benzene rings is 2. The van der Waals surface area contributed by atoms with E-state index in [1.807, 2.05) is 6.07 Å². The molecule has 7 nitrogen and oxygen atoms in total. The fraction of sp³-hybridized carbons (Fsp3) is 0.0526. The average molecular weight is 451 g/mol. The molecule has 0 saturated heterocycles. The van der Waals surface area contributed by atoms with E-state index < -0.39 is 16.1 Å². The molecule has 0 fully saturated rings. The molecule has 2 aromatic carbocycles. The van der Waals surface area contributed by atoms with Gasteiger partial charge in [0.15, 0.2) is 0 Å². The van der Waals surface area contributed by atoms with Crippen molar-refractivity contribution in [2.45, 2.75) is 11.4 Å². The summed E-state index contributed by atoms with van der Waals surface area (Å²) >= 11 is 12.4. The molecule has 0 unspecified atom stereocenters. The predicted molar refractivity (Wildman–Crippen MR) is 114 cm³/mol. The second-order valence-corrected chi connectivity index (χ2v) is 8.31. The Bertz CT molecular complexity index is 1110. The number of nitrogens with one attached hydrogen (secondary N) is 3. The van der Waals surface area contributed by atoms with E-state index in [4.69, 9.17) is 23.2 Å². The van der Waals surface area contributed by atoms with Gasteiger partial charge in [0.1, 0.15) is 0 Å². The number of carbonyl (C=O) groups excluding carboxylic acids is 1. The Morgan fingerprint density at radius 2 is 1.62 bits per heavy atom. The first-order chi connectivity index (χ1) is 13.9. The van der Waals surface area contributed by atoms with E-state index in [1.165, 1.54) is 24.3 Å². The van der Waals surface area contributed by atoms with Crippen LogP contribution in [0.15, 0.2) is 71.9 Å². The SMILES string of the molecule is O=C(NCc1cccnc1)Nc1ccc(NS(=O)(=O)c2ccccc2)c(Cl)c1Cl. The Morgan fingerprint density at radius 3 is 2.31 bits per heavy atom. The van der Waals surface area contributed by atoms with Gasteiger partial charge in [0.2, 0.25) is 0 Å². The van der Waals surface area contributed by atoms with E-state index >= 15 is 0 Å². The number of aromatic nitrogens is 1. The summed E-state index contributed by atoms with van der Waals surface area (Å²) in [7, 11) is -3.83. The first-order valence-corrected chi connectivity index (χ1v) is 10.6. The quantitative estimate of drug-likeness (QED) is 0.514. The van der Waals surface area contributed by atoms with Crippen molar-refractivity contribution in [2.75, 3.05) is 10.0 Å². The maximum atomic E-state index is 12.5. The second-order valence-electron chi connectivity index (χ2n) is 5.88. The van der Waals surface area contributed by atoms with Gasteiger partial charge in [-0.25, -0.2) is 13.2 Å². The van der Waals surface area contributed by atoms with Crippen molar-refractivity contribution >= 4 is 50.6 Å². The van der Waals surface area contributed by atoms with E-state index in [0.29, 0.717) is 0 Å². The third-order valence-electron chi connectivity index (χ3n) is 3.80. The molecular formula is C19H16Cl2N4O3S. The number of rotatable bonds is 6. The summed E-state index contributed by atoms with van der Waals surface area (Å²) in [4.78, 5) is 16.1. The normalized spacial score (nSPS) is 11.0. The Labute approximate surface area is 178 Å². The summed E-state index contributed by atoms with van der Waals surface area (Å²) in [6, 6.07) is 13.8. The number of carbonyl (C=O) groups is 1. The van der Waals surface area contributed by atoms with Crippen LogP contribution in [-0.4, -0.2) is 19.4 Å². The molecule has 1 heterocycles. The Hall–Kier alpha value is -2.81. The van der Waals surface area contributed by atoms with Crippen LogP contribution in [0.2, 0.25) is 10.0 Å². The lowest BCUT2D eigenvalue weighted by Crippen LogP contribution is -2.28. The Balaban J connectivity index is 1.70. The van der Waals surface area contributed by atoms with Crippen molar-refractivity contribution in [1.82, 2.24) is 10.3 Å². The maximum absolute atomic E-state index is 12.5. The molecule has 0 bridgehead atoms. The van der Waals surface area contributed by atoms with Crippen molar-refractivity contribution in [1.29, 1.82) is 0 Å². The number of anilines is 2. The highest BCUT2D eigenvalue weighted by Crippen LogP contribution is 2.37. The summed E-state index contributed by atoms with van der Waals surface area (Å²) < 4.78 is 27.3. The summed E-state index contributed by atoms with van der Waals surface area (Å²) in [5.41, 5.74) is 1.17. The van der Waals surface area contributed by atoms with Gasteiger partial charge in [-0.3, -0.25) is 9.71 Å². The van der Waals surface area contributed by atoms with E-state index in [2.05, 4.69) is 20.3 Å². The van der Waals surface area contributed by atoms with E-state index in [9.17, 15) is 13.2 Å². The highest BCUT2D eigenvalue weighted by molar-refractivity contribution is 7.92. The van der Waals surface area contributed by atoms with E-state index in [0.717, 1.165) is 5.56 Å². The highest BCUT2D eigenvalue weighted by Gasteiger charge is 2.18. The van der Waals surface area contributed by atoms with Gasteiger partial charge in [-0.2, -0.15) is 0 Å². The van der Waals surface area contributed by atoms with Crippen LogP contribution >= 0.6 is 23.2 Å². The zero-order valence-corrected chi connectivity index (χ0v) is 17.2. The van der Waals surface area contributed by atoms with Gasteiger partial charge in [-0.15, -0.1) is 0 Å². The molecule has 3 aromatic rings. The Morgan fingerprint density at radius 1 is 0.931 bits per heavy atom. The summed E-state index contributed by atoms with van der Waals surface area (Å²) in [6.45, 7) is 0.278. The van der Waals surface area contributed by atoms with Crippen LogP contribution in [0, 0.1) is 0 Å². The number of urea groups is 1. The standard InChI is InChI=1S/C19H16Cl2N4O3S/c20-17-15(24-19(26)23-12-13-5-4-10-22-11-13)8-9-16(18(17)21)25-29(27,28)14-6-2-1-3-7-14/h1-11,25H,12H2,(H2,23,24,26). The topological polar surface area (TPSA) is 100 Å². The smallest absolute Gasteiger partial charge is 0.319 e. The predicted octanol–water partition coefficient (Wildman–Crippen LogP) is 4.51. The molecule has 3 N–H and O–H groups in total. The fourth-order valence-electron chi connectivity index (χ4n) is 2.38. The number of hydrogen-bond acceptors (Lipinski definition) is 4. The summed E-state index contributed by atoms with van der Waals surface area (Å²) in [6.07, 6.45) is 3.27. The van der Waals surface area contributed by atoms with Crippen LogP contribution < -0.4 is 15.4 Å². The van der Waals surface area contributed by atoms with Gasteiger partial charge in [0.25, 0.3) is 10.0 Å². The molecule has 2 amide bonds. The molecule has 0 aliphatic heterocycles. The summed E-state index contributed by atoms with van der Waals surface area (Å²) in [5, 5.41) is 5.22. The van der Waals surface area contributed by atoms with Gasteiger partial charge in [0.05, 0.1) is 26.3 Å². The van der Waals surface area contributed by atoms with Crippen LogP contribution in [0.1, 0.15) is 5.56 Å². The first kappa shape index (κ1) is 20.9. The molecular weight excluding hydrogens is 435 g/mol. The van der Waals surface area contributed by atoms with Crippen molar-refractivity contribution in [3.63, 3.8) is 0 Å². The van der Waals surface area contributed by atoms with Gasteiger partial charge in [-0.1, -0.05) is 47.5 Å². The molecule has 0 saturated carbocycles. The molecule has 0 aliphatic rings. The molecule has 0 spiro atoms. The molecule has 29 heavy (non-hydrogen) atoms. The molecule has 0 radical (unpaired) electrons. The Kier molecular flexibility index (Phi) is 6.58.